The van der Waals surface area contributed by atoms with Crippen molar-refractivity contribution in [2.24, 2.45) is 16.8 Å². The fraction of sp³-hybridized carbons (Fsp3) is 0.455. The largest absolute Gasteiger partial charge is 0.444 e. The van der Waals surface area contributed by atoms with Crippen molar-refractivity contribution in [3.63, 3.8) is 0 Å². The average Bonchev–Trinajstić information content (AvgIpc) is 3.28. The molecule has 2 aliphatic heterocycles. The van der Waals surface area contributed by atoms with Crippen LogP contribution >= 0.6 is 0 Å². The number of aliphatic imine (C=N–C) groups is 1. The van der Waals surface area contributed by atoms with Gasteiger partial charge in [-0.05, 0) is 64.4 Å². The van der Waals surface area contributed by atoms with Gasteiger partial charge in [0, 0.05) is 61.8 Å². The minimum Gasteiger partial charge on any atom is -0.444 e. The van der Waals surface area contributed by atoms with Gasteiger partial charge in [-0.2, -0.15) is 5.26 Å². The fourth-order valence-corrected chi connectivity index (χ4v) is 5.98. The van der Waals surface area contributed by atoms with E-state index in [1.807, 2.05) is 52.8 Å². The summed E-state index contributed by atoms with van der Waals surface area (Å²) in [5.41, 5.74) is 1.29. The molecule has 1 aliphatic carbocycles. The molecule has 218 valence electrons. The first kappa shape index (κ1) is 29.2. The summed E-state index contributed by atoms with van der Waals surface area (Å²) in [7, 11) is 0. The Labute approximate surface area is 246 Å². The number of Topliss-reactive ketones (excluding diaryl/α,β-unsaturated/α-hetero) is 1. The molecule has 3 aliphatic rings. The number of piperidine rings is 1. The standard InChI is InChI=1S/C33H37N5O4/c1-21(2)10-13-33(17-22-11-14-35-15-12-22)30(40)38(28(36-33)16-27(39)24-8-6-23(18-34)7-9-24)29-25-19-37(20-26(25)29)31(41)42-32(3,4)5/h6-12,14-15,25-26,29H,13,16-17,19-20H2,1-5H3. The lowest BCUT2D eigenvalue weighted by Crippen LogP contribution is -2.48. The Kier molecular flexibility index (Phi) is 7.76. The van der Waals surface area contributed by atoms with E-state index in [0.29, 0.717) is 42.9 Å². The predicted octanol–water partition coefficient (Wildman–Crippen LogP) is 4.97. The van der Waals surface area contributed by atoms with Crippen LogP contribution in [0.1, 0.15) is 68.9 Å². The molecule has 9 nitrogen and oxygen atoms in total. The first-order valence-electron chi connectivity index (χ1n) is 14.4. The highest BCUT2D eigenvalue weighted by Crippen LogP contribution is 2.52. The monoisotopic (exact) mass is 567 g/mol. The third-order valence-electron chi connectivity index (χ3n) is 8.09. The molecule has 0 spiro atoms. The van der Waals surface area contributed by atoms with Gasteiger partial charge in [0.25, 0.3) is 5.91 Å². The zero-order chi connectivity index (χ0) is 30.2. The summed E-state index contributed by atoms with van der Waals surface area (Å²) in [6.45, 7) is 10.5. The molecular weight excluding hydrogens is 530 g/mol. The maximum atomic E-state index is 14.5. The summed E-state index contributed by atoms with van der Waals surface area (Å²) in [6, 6.07) is 12.2. The van der Waals surface area contributed by atoms with Gasteiger partial charge in [0.2, 0.25) is 0 Å². The number of hydrogen-bond acceptors (Lipinski definition) is 7. The summed E-state index contributed by atoms with van der Waals surface area (Å²) in [5, 5.41) is 9.14. The summed E-state index contributed by atoms with van der Waals surface area (Å²) < 4.78 is 5.57. The van der Waals surface area contributed by atoms with Gasteiger partial charge >= 0.3 is 6.09 Å². The minimum atomic E-state index is -1.08. The Balaban J connectivity index is 1.45. The van der Waals surface area contributed by atoms with Crippen molar-refractivity contribution in [1.82, 2.24) is 14.8 Å². The number of carbonyl (C=O) groups excluding carboxylic acids is 3. The molecule has 0 radical (unpaired) electrons. The molecule has 2 amide bonds. The Bertz CT molecular complexity index is 1470. The first-order valence-corrected chi connectivity index (χ1v) is 14.4. The van der Waals surface area contributed by atoms with Gasteiger partial charge in [0.15, 0.2) is 5.78 Å². The zero-order valence-corrected chi connectivity index (χ0v) is 24.8. The topological polar surface area (TPSA) is 116 Å². The molecule has 3 heterocycles. The van der Waals surface area contributed by atoms with Gasteiger partial charge in [-0.3, -0.25) is 24.5 Å². The Morgan fingerprint density at radius 3 is 2.31 bits per heavy atom. The average molecular weight is 568 g/mol. The summed E-state index contributed by atoms with van der Waals surface area (Å²) in [6.07, 6.45) is 5.86. The second-order valence-electron chi connectivity index (χ2n) is 12.7. The van der Waals surface area contributed by atoms with Crippen molar-refractivity contribution < 1.29 is 19.1 Å². The van der Waals surface area contributed by atoms with Crippen LogP contribution in [0.5, 0.6) is 0 Å². The molecule has 3 atom stereocenters. The Morgan fingerprint density at radius 1 is 1.10 bits per heavy atom. The van der Waals surface area contributed by atoms with Gasteiger partial charge in [-0.15, -0.1) is 0 Å². The van der Waals surface area contributed by atoms with Crippen LogP contribution in [0, 0.1) is 23.2 Å². The molecule has 1 saturated heterocycles. The number of amidine groups is 1. The van der Waals surface area contributed by atoms with E-state index in [1.54, 1.807) is 46.5 Å². The molecule has 2 aromatic rings. The number of ketones is 1. The van der Waals surface area contributed by atoms with Crippen LogP contribution < -0.4 is 0 Å². The molecule has 0 bridgehead atoms. The van der Waals surface area contributed by atoms with Crippen molar-refractivity contribution in [1.29, 1.82) is 5.26 Å². The number of hydrogen-bond donors (Lipinski definition) is 0. The van der Waals surface area contributed by atoms with Crippen molar-refractivity contribution in [2.45, 2.75) is 71.1 Å². The number of amides is 2. The highest BCUT2D eigenvalue weighted by atomic mass is 16.6. The SMILES string of the molecule is CC(C)=CCC1(Cc2ccncc2)N=C(CC(=O)c2ccc(C#N)cc2)N(C2C3CN(C(=O)OC(C)(C)C)CC32)C1=O. The molecular formula is C33H37N5O4. The number of allylic oxidation sites excluding steroid dienone is 1. The second-order valence-corrected chi connectivity index (χ2v) is 12.7. The van der Waals surface area contributed by atoms with Crippen LogP contribution in [-0.4, -0.2) is 68.7 Å². The quantitative estimate of drug-likeness (QED) is 0.329. The van der Waals surface area contributed by atoms with E-state index >= 15 is 0 Å². The zero-order valence-electron chi connectivity index (χ0n) is 24.8. The van der Waals surface area contributed by atoms with Crippen LogP contribution in [0.4, 0.5) is 4.79 Å². The molecule has 0 N–H and O–H groups in total. The molecule has 1 aromatic carbocycles. The molecule has 1 aromatic heterocycles. The third-order valence-corrected chi connectivity index (χ3v) is 8.09. The summed E-state index contributed by atoms with van der Waals surface area (Å²) >= 11 is 0. The number of rotatable bonds is 8. The maximum absolute atomic E-state index is 14.5. The first-order chi connectivity index (χ1) is 19.9. The molecule has 42 heavy (non-hydrogen) atoms. The van der Waals surface area contributed by atoms with E-state index in [0.717, 1.165) is 11.1 Å². The third kappa shape index (κ3) is 5.98. The van der Waals surface area contributed by atoms with E-state index in [1.165, 1.54) is 0 Å². The van der Waals surface area contributed by atoms with Crippen molar-refractivity contribution in [3.05, 3.63) is 77.1 Å². The second kappa shape index (κ2) is 11.2. The minimum absolute atomic E-state index is 0.0315. The maximum Gasteiger partial charge on any atom is 0.410 e. The number of pyridine rings is 1. The number of nitrogens with zero attached hydrogens (tertiary/aromatic N) is 5. The van der Waals surface area contributed by atoms with Gasteiger partial charge in [-0.25, -0.2) is 4.79 Å². The lowest BCUT2D eigenvalue weighted by molar-refractivity contribution is -0.131. The van der Waals surface area contributed by atoms with E-state index < -0.39 is 11.1 Å². The Hall–Kier alpha value is -4.32. The lowest BCUT2D eigenvalue weighted by atomic mass is 9.87. The number of likely N-dealkylation sites (tertiary alicyclic amines) is 1. The van der Waals surface area contributed by atoms with Crippen molar-refractivity contribution in [2.75, 3.05) is 13.1 Å². The predicted molar refractivity (Wildman–Crippen MR) is 158 cm³/mol. The highest BCUT2D eigenvalue weighted by Gasteiger charge is 2.64. The number of carbonyl (C=O) groups is 3. The van der Waals surface area contributed by atoms with Crippen molar-refractivity contribution in [3.8, 4) is 6.07 Å². The highest BCUT2D eigenvalue weighted by molar-refractivity contribution is 6.17. The van der Waals surface area contributed by atoms with E-state index in [9.17, 15) is 14.4 Å². The molecule has 2 fully saturated rings. The van der Waals surface area contributed by atoms with E-state index in [2.05, 4.69) is 11.1 Å². The fourth-order valence-electron chi connectivity index (χ4n) is 5.98. The van der Waals surface area contributed by atoms with Crippen LogP contribution in [-0.2, 0) is 16.0 Å². The van der Waals surface area contributed by atoms with Gasteiger partial charge in [-0.1, -0.05) is 23.8 Å². The lowest BCUT2D eigenvalue weighted by Gasteiger charge is -2.29. The molecule has 1 saturated carbocycles. The molecule has 9 heteroatoms. The normalized spacial score (nSPS) is 24.5. The Morgan fingerprint density at radius 2 is 1.74 bits per heavy atom. The number of nitriles is 1. The van der Waals surface area contributed by atoms with Crippen molar-refractivity contribution >= 4 is 23.6 Å². The smallest absolute Gasteiger partial charge is 0.410 e. The van der Waals surface area contributed by atoms with Crippen LogP contribution in [0.3, 0.4) is 0 Å². The summed E-state index contributed by atoms with van der Waals surface area (Å²) in [4.78, 5) is 53.3. The van der Waals surface area contributed by atoms with Crippen LogP contribution in [0.25, 0.3) is 0 Å². The number of aromatic nitrogens is 1. The van der Waals surface area contributed by atoms with Crippen LogP contribution in [0.15, 0.2) is 65.4 Å². The van der Waals surface area contributed by atoms with Gasteiger partial charge < -0.3 is 9.64 Å². The number of benzene rings is 1. The molecule has 3 unspecified atom stereocenters. The van der Waals surface area contributed by atoms with Gasteiger partial charge in [0.1, 0.15) is 17.0 Å². The molecule has 5 rings (SSSR count). The van der Waals surface area contributed by atoms with Gasteiger partial charge in [0.05, 0.1) is 18.1 Å². The van der Waals surface area contributed by atoms with Crippen LogP contribution in [0.2, 0.25) is 0 Å². The van der Waals surface area contributed by atoms with E-state index in [-0.39, 0.29) is 42.1 Å². The summed E-state index contributed by atoms with van der Waals surface area (Å²) in [5.74, 6) is 0.379. The number of ether oxygens (including phenoxy) is 1. The van der Waals surface area contributed by atoms with E-state index in [4.69, 9.17) is 15.0 Å². The number of fused-ring (bicyclic) bond motifs is 1.